The van der Waals surface area contributed by atoms with Crippen LogP contribution in [0.1, 0.15) is 19.3 Å². The van der Waals surface area contributed by atoms with Crippen LogP contribution in [0, 0.1) is 10.1 Å². The van der Waals surface area contributed by atoms with Crippen molar-refractivity contribution in [1.82, 2.24) is 9.31 Å². The smallest absolute Gasteiger partial charge is 0.251 e. The number of nitrogens with one attached hydrogen (secondary N) is 1. The number of nitro groups is 1. The fourth-order valence-corrected chi connectivity index (χ4v) is 4.91. The van der Waals surface area contributed by atoms with E-state index in [0.717, 1.165) is 24.3 Å². The van der Waals surface area contributed by atoms with Crippen LogP contribution in [0.5, 0.6) is 0 Å². The lowest BCUT2D eigenvalue weighted by Crippen LogP contribution is -2.49. The van der Waals surface area contributed by atoms with Gasteiger partial charge in [0.15, 0.2) is 22.3 Å². The summed E-state index contributed by atoms with van der Waals surface area (Å²) in [6.45, 7) is 2.49. The predicted molar refractivity (Wildman–Crippen MR) is 86.4 cm³/mol. The van der Waals surface area contributed by atoms with Gasteiger partial charge < -0.3 is 4.90 Å². The van der Waals surface area contributed by atoms with Crippen LogP contribution in [0.4, 0.5) is 5.69 Å². The summed E-state index contributed by atoms with van der Waals surface area (Å²) in [6.07, 6.45) is 6.02. The van der Waals surface area contributed by atoms with Gasteiger partial charge >= 0.3 is 0 Å². The number of pyridine rings is 1. The zero-order valence-corrected chi connectivity index (χ0v) is 14.2. The molecule has 24 heavy (non-hydrogen) atoms. The summed E-state index contributed by atoms with van der Waals surface area (Å²) in [4.78, 5) is 15.9. The average molecular weight is 356 g/mol. The maximum Gasteiger partial charge on any atom is 0.251 e. The molecule has 0 unspecified atom stereocenters. The molecule has 0 aromatic carbocycles. The standard InChI is InChI=1S/C14H21N5O4S/c20-19(21)17-10-8-16(9-11-17)13-4-5-15-12-14(13)24(22,23)18-6-2-1-3-7-18/h4-5,12H,1-3,6-11H2/p+1. The lowest BCUT2D eigenvalue weighted by atomic mass is 10.2. The highest BCUT2D eigenvalue weighted by Crippen LogP contribution is 2.28. The number of hydrogen-bond acceptors (Lipinski definition) is 5. The number of H-pyrrole nitrogens is 1. The Morgan fingerprint density at radius 3 is 2.33 bits per heavy atom. The van der Waals surface area contributed by atoms with Crippen molar-refractivity contribution in [2.75, 3.05) is 44.2 Å². The van der Waals surface area contributed by atoms with Gasteiger partial charge in [-0.1, -0.05) is 6.42 Å². The summed E-state index contributed by atoms with van der Waals surface area (Å²) in [5.74, 6) is 0. The van der Waals surface area contributed by atoms with Gasteiger partial charge in [-0.2, -0.15) is 4.31 Å². The number of nitrogens with zero attached hydrogens (tertiary/aromatic N) is 4. The largest absolute Gasteiger partial charge is 0.366 e. The normalized spacial score (nSPS) is 20.2. The van der Waals surface area contributed by atoms with E-state index in [0.29, 0.717) is 31.9 Å². The van der Waals surface area contributed by atoms with Crippen molar-refractivity contribution in [1.29, 1.82) is 0 Å². The number of piperidine rings is 1. The first-order valence-corrected chi connectivity index (χ1v) is 9.58. The number of aromatic nitrogens is 1. The van der Waals surface area contributed by atoms with Crippen molar-refractivity contribution >= 4 is 15.7 Å². The van der Waals surface area contributed by atoms with Gasteiger partial charge in [-0.05, 0) is 12.8 Å². The van der Waals surface area contributed by atoms with E-state index in [-0.39, 0.29) is 18.0 Å². The molecule has 0 saturated carbocycles. The van der Waals surface area contributed by atoms with E-state index in [1.165, 1.54) is 10.5 Å². The van der Waals surface area contributed by atoms with Gasteiger partial charge in [0.1, 0.15) is 0 Å². The Bertz CT molecular complexity index is 697. The lowest BCUT2D eigenvalue weighted by Gasteiger charge is -2.33. The number of aromatic amines is 1. The van der Waals surface area contributed by atoms with Gasteiger partial charge in [0, 0.05) is 32.2 Å². The molecule has 0 amide bonds. The molecule has 10 heteroatoms. The molecular weight excluding hydrogens is 334 g/mol. The number of rotatable bonds is 4. The fourth-order valence-electron chi connectivity index (χ4n) is 3.22. The molecule has 1 aromatic rings. The van der Waals surface area contributed by atoms with Gasteiger partial charge in [-0.15, -0.1) is 5.01 Å². The molecule has 1 aromatic heterocycles. The molecule has 132 valence electrons. The van der Waals surface area contributed by atoms with Gasteiger partial charge in [0.2, 0.25) is 0 Å². The van der Waals surface area contributed by atoms with Crippen LogP contribution in [-0.4, -0.2) is 62.0 Å². The molecule has 2 aliphatic heterocycles. The van der Waals surface area contributed by atoms with E-state index >= 15 is 0 Å². The van der Waals surface area contributed by atoms with Crippen LogP contribution in [0.25, 0.3) is 0 Å². The summed E-state index contributed by atoms with van der Waals surface area (Å²) >= 11 is 0. The third-order valence-electron chi connectivity index (χ3n) is 4.56. The van der Waals surface area contributed by atoms with Crippen molar-refractivity contribution in [3.8, 4) is 0 Å². The molecular formula is C14H22N5O4S+. The van der Waals surface area contributed by atoms with Crippen LogP contribution < -0.4 is 9.88 Å². The van der Waals surface area contributed by atoms with Crippen molar-refractivity contribution in [2.45, 2.75) is 24.2 Å². The molecule has 1 N–H and O–H groups in total. The number of sulfonamides is 1. The van der Waals surface area contributed by atoms with E-state index < -0.39 is 15.1 Å². The van der Waals surface area contributed by atoms with E-state index in [9.17, 15) is 18.5 Å². The fraction of sp³-hybridized carbons (Fsp3) is 0.643. The number of hydrazine groups is 1. The van der Waals surface area contributed by atoms with Crippen molar-refractivity contribution in [3.05, 3.63) is 28.6 Å². The Kier molecular flexibility index (Phi) is 4.86. The van der Waals surface area contributed by atoms with E-state index in [1.807, 2.05) is 4.90 Å². The summed E-state index contributed by atoms with van der Waals surface area (Å²) in [6, 6.07) is 1.73. The minimum absolute atomic E-state index is 0.251. The van der Waals surface area contributed by atoms with Gasteiger partial charge in [0.05, 0.1) is 18.8 Å². The third kappa shape index (κ3) is 3.29. The predicted octanol–water partition coefficient (Wildman–Crippen LogP) is -0.0110. The first kappa shape index (κ1) is 16.9. The number of piperazine rings is 1. The maximum absolute atomic E-state index is 13.0. The average Bonchev–Trinajstić information content (AvgIpc) is 2.62. The third-order valence-corrected chi connectivity index (χ3v) is 6.49. The minimum Gasteiger partial charge on any atom is -0.366 e. The molecule has 3 rings (SSSR count). The van der Waals surface area contributed by atoms with Crippen molar-refractivity contribution in [2.24, 2.45) is 0 Å². The van der Waals surface area contributed by atoms with Gasteiger partial charge in [-0.25, -0.2) is 23.5 Å². The topological polar surface area (TPSA) is 101 Å². The molecule has 9 nitrogen and oxygen atoms in total. The molecule has 2 aliphatic rings. The first-order valence-electron chi connectivity index (χ1n) is 8.14. The number of anilines is 1. The molecule has 3 heterocycles. The van der Waals surface area contributed by atoms with E-state index in [2.05, 4.69) is 4.98 Å². The van der Waals surface area contributed by atoms with E-state index in [4.69, 9.17) is 0 Å². The summed E-state index contributed by atoms with van der Waals surface area (Å²) in [5.41, 5.74) is 0.613. The minimum atomic E-state index is -3.56. The van der Waals surface area contributed by atoms with Crippen LogP contribution in [0.3, 0.4) is 0 Å². The van der Waals surface area contributed by atoms with Gasteiger partial charge in [0.25, 0.3) is 10.0 Å². The molecule has 2 fully saturated rings. The second-order valence-electron chi connectivity index (χ2n) is 6.04. The van der Waals surface area contributed by atoms with Crippen LogP contribution >= 0.6 is 0 Å². The highest BCUT2D eigenvalue weighted by molar-refractivity contribution is 7.89. The van der Waals surface area contributed by atoms with E-state index in [1.54, 1.807) is 12.3 Å². The van der Waals surface area contributed by atoms with Crippen LogP contribution in [0.2, 0.25) is 0 Å². The Balaban J connectivity index is 1.84. The lowest BCUT2D eigenvalue weighted by molar-refractivity contribution is -0.655. The SMILES string of the molecule is O=[N+]([O-])N1CCN(c2cc[nH+]cc2S(=O)(=O)N2CCCCC2)CC1. The molecule has 0 atom stereocenters. The van der Waals surface area contributed by atoms with Crippen molar-refractivity contribution in [3.63, 3.8) is 0 Å². The molecule has 0 spiro atoms. The highest BCUT2D eigenvalue weighted by atomic mass is 32.2. The second kappa shape index (κ2) is 6.89. The Morgan fingerprint density at radius 2 is 1.71 bits per heavy atom. The van der Waals surface area contributed by atoms with Gasteiger partial charge in [-0.3, -0.25) is 0 Å². The zero-order chi connectivity index (χ0) is 17.2. The summed E-state index contributed by atoms with van der Waals surface area (Å²) in [7, 11) is -3.56. The quantitative estimate of drug-likeness (QED) is 0.555. The Morgan fingerprint density at radius 1 is 1.04 bits per heavy atom. The number of hydrogen-bond donors (Lipinski definition) is 0. The second-order valence-corrected chi connectivity index (χ2v) is 7.94. The summed E-state index contributed by atoms with van der Waals surface area (Å²) < 4.78 is 27.5. The summed E-state index contributed by atoms with van der Waals surface area (Å²) in [5, 5.41) is 11.6. The zero-order valence-electron chi connectivity index (χ0n) is 13.4. The van der Waals surface area contributed by atoms with Crippen LogP contribution in [-0.2, 0) is 10.0 Å². The van der Waals surface area contributed by atoms with Crippen molar-refractivity contribution < 1.29 is 18.4 Å². The Hall–Kier alpha value is -1.94. The monoisotopic (exact) mass is 356 g/mol. The molecule has 2 saturated heterocycles. The van der Waals surface area contributed by atoms with Crippen LogP contribution in [0.15, 0.2) is 23.4 Å². The maximum atomic E-state index is 13.0. The Labute approximate surface area is 141 Å². The molecule has 0 aliphatic carbocycles. The molecule has 0 radical (unpaired) electrons. The highest BCUT2D eigenvalue weighted by Gasteiger charge is 2.33. The first-order chi connectivity index (χ1) is 11.5. The molecule has 0 bridgehead atoms.